The van der Waals surface area contributed by atoms with E-state index in [1.165, 1.54) is 39.2 Å². The Balaban J connectivity index is 1.28. The maximum absolute atomic E-state index is 12.5. The van der Waals surface area contributed by atoms with E-state index in [9.17, 15) is 14.4 Å². The van der Waals surface area contributed by atoms with Gasteiger partial charge >= 0.3 is 6.03 Å². The summed E-state index contributed by atoms with van der Waals surface area (Å²) in [5.41, 5.74) is 1.29. The molecule has 6 heteroatoms. The number of anilines is 1. The maximum atomic E-state index is 12.5. The van der Waals surface area contributed by atoms with Crippen molar-refractivity contribution in [1.29, 1.82) is 0 Å². The van der Waals surface area contributed by atoms with E-state index in [1.807, 2.05) is 0 Å². The number of hydrogen-bond donors (Lipinski definition) is 2. The van der Waals surface area contributed by atoms with Crippen molar-refractivity contribution in [3.63, 3.8) is 0 Å². The number of fused-ring (bicyclic) bond motifs is 1. The van der Waals surface area contributed by atoms with Crippen LogP contribution < -0.4 is 10.6 Å². The molecule has 6 rings (SSSR count). The van der Waals surface area contributed by atoms with Gasteiger partial charge in [-0.05, 0) is 74.0 Å². The molecule has 1 aromatic carbocycles. The highest BCUT2D eigenvalue weighted by Crippen LogP contribution is 2.53. The molecule has 4 amide bonds. The number of benzene rings is 1. The Kier molecular flexibility index (Phi) is 3.39. The lowest BCUT2D eigenvalue weighted by Crippen LogP contribution is -2.56. The third-order valence-electron chi connectivity index (χ3n) is 6.87. The molecular formula is C20H23N3O3. The zero-order chi connectivity index (χ0) is 18.0. The predicted octanol–water partition coefficient (Wildman–Crippen LogP) is 2.86. The molecule has 1 aliphatic heterocycles. The molecule has 4 bridgehead atoms. The van der Waals surface area contributed by atoms with Crippen LogP contribution in [0, 0.1) is 23.7 Å². The lowest BCUT2D eigenvalue weighted by Gasteiger charge is -2.54. The summed E-state index contributed by atoms with van der Waals surface area (Å²) < 4.78 is 0. The molecule has 1 aromatic rings. The van der Waals surface area contributed by atoms with Crippen LogP contribution in [-0.4, -0.2) is 35.8 Å². The second-order valence-electron chi connectivity index (χ2n) is 8.48. The number of nitrogens with zero attached hydrogens (tertiary/aromatic N) is 1. The topological polar surface area (TPSA) is 78.5 Å². The average Bonchev–Trinajstić information content (AvgIpc) is 2.82. The monoisotopic (exact) mass is 353 g/mol. The zero-order valence-electron chi connectivity index (χ0n) is 14.8. The second kappa shape index (κ2) is 5.56. The van der Waals surface area contributed by atoms with Crippen molar-refractivity contribution in [3.8, 4) is 0 Å². The molecule has 4 saturated carbocycles. The van der Waals surface area contributed by atoms with Crippen LogP contribution in [-0.2, 0) is 0 Å². The molecular weight excluding hydrogens is 330 g/mol. The SMILES string of the molecule is CN1C(=O)c2ccc(NC(=O)NC3C4CC5CC(C4)CC3C5)cc2C1=O. The summed E-state index contributed by atoms with van der Waals surface area (Å²) >= 11 is 0. The van der Waals surface area contributed by atoms with E-state index in [-0.39, 0.29) is 23.9 Å². The molecule has 136 valence electrons. The molecule has 1 heterocycles. The molecule has 0 radical (unpaired) electrons. The predicted molar refractivity (Wildman–Crippen MR) is 95.9 cm³/mol. The van der Waals surface area contributed by atoms with Gasteiger partial charge in [-0.3, -0.25) is 14.5 Å². The third-order valence-corrected chi connectivity index (χ3v) is 6.87. The first kappa shape index (κ1) is 15.9. The van der Waals surface area contributed by atoms with E-state index in [1.54, 1.807) is 18.2 Å². The summed E-state index contributed by atoms with van der Waals surface area (Å²) in [5, 5.41) is 6.04. The molecule has 4 fully saturated rings. The number of hydrogen-bond acceptors (Lipinski definition) is 3. The molecule has 0 aromatic heterocycles. The van der Waals surface area contributed by atoms with Crippen molar-refractivity contribution in [2.24, 2.45) is 23.7 Å². The smallest absolute Gasteiger partial charge is 0.319 e. The largest absolute Gasteiger partial charge is 0.335 e. The van der Waals surface area contributed by atoms with Gasteiger partial charge in [-0.15, -0.1) is 0 Å². The highest BCUT2D eigenvalue weighted by atomic mass is 16.2. The Bertz CT molecular complexity index is 791. The van der Waals surface area contributed by atoms with Crippen LogP contribution in [0.25, 0.3) is 0 Å². The molecule has 0 atom stereocenters. The van der Waals surface area contributed by atoms with Crippen LogP contribution in [0.1, 0.15) is 52.8 Å². The van der Waals surface area contributed by atoms with Gasteiger partial charge in [-0.25, -0.2) is 4.79 Å². The number of carbonyl (C=O) groups excluding carboxylic acids is 3. The minimum atomic E-state index is -0.324. The van der Waals surface area contributed by atoms with E-state index >= 15 is 0 Å². The molecule has 5 aliphatic rings. The Morgan fingerprint density at radius 3 is 2.23 bits per heavy atom. The van der Waals surface area contributed by atoms with Gasteiger partial charge < -0.3 is 10.6 Å². The van der Waals surface area contributed by atoms with Gasteiger partial charge in [0, 0.05) is 18.8 Å². The Morgan fingerprint density at radius 2 is 1.58 bits per heavy atom. The van der Waals surface area contributed by atoms with E-state index in [0.29, 0.717) is 28.7 Å². The summed E-state index contributed by atoms with van der Waals surface area (Å²) in [4.78, 5) is 37.7. The van der Waals surface area contributed by atoms with Crippen molar-refractivity contribution >= 4 is 23.5 Å². The summed E-state index contributed by atoms with van der Waals surface area (Å²) in [5.74, 6) is 2.35. The summed E-state index contributed by atoms with van der Waals surface area (Å²) in [6, 6.07) is 4.94. The van der Waals surface area contributed by atoms with Crippen LogP contribution in [0.15, 0.2) is 18.2 Å². The van der Waals surface area contributed by atoms with Gasteiger partial charge in [0.25, 0.3) is 11.8 Å². The number of carbonyl (C=O) groups is 3. The highest BCUT2D eigenvalue weighted by Gasteiger charge is 2.48. The van der Waals surface area contributed by atoms with E-state index < -0.39 is 0 Å². The van der Waals surface area contributed by atoms with E-state index in [2.05, 4.69) is 10.6 Å². The summed E-state index contributed by atoms with van der Waals surface area (Å²) in [7, 11) is 1.47. The molecule has 0 saturated heterocycles. The Morgan fingerprint density at radius 1 is 0.962 bits per heavy atom. The second-order valence-corrected chi connectivity index (χ2v) is 8.48. The van der Waals surface area contributed by atoms with Crippen LogP contribution >= 0.6 is 0 Å². The molecule has 0 spiro atoms. The number of nitrogens with one attached hydrogen (secondary N) is 2. The first-order valence-corrected chi connectivity index (χ1v) is 9.53. The van der Waals surface area contributed by atoms with E-state index in [0.717, 1.165) is 16.7 Å². The Hall–Kier alpha value is -2.37. The summed E-state index contributed by atoms with van der Waals surface area (Å²) in [6.07, 6.45) is 6.39. The number of amides is 4. The summed E-state index contributed by atoms with van der Waals surface area (Å²) in [6.45, 7) is 0. The van der Waals surface area contributed by atoms with Crippen LogP contribution in [0.2, 0.25) is 0 Å². The molecule has 4 aliphatic carbocycles. The van der Waals surface area contributed by atoms with Crippen LogP contribution in [0.5, 0.6) is 0 Å². The van der Waals surface area contributed by atoms with Crippen molar-refractivity contribution in [2.45, 2.75) is 38.1 Å². The Labute approximate surface area is 152 Å². The highest BCUT2D eigenvalue weighted by molar-refractivity contribution is 6.21. The number of imide groups is 1. The number of urea groups is 1. The van der Waals surface area contributed by atoms with Gasteiger partial charge in [-0.1, -0.05) is 0 Å². The normalized spacial score (nSPS) is 34.2. The van der Waals surface area contributed by atoms with Crippen molar-refractivity contribution in [1.82, 2.24) is 10.2 Å². The average molecular weight is 353 g/mol. The minimum absolute atomic E-state index is 0.215. The number of rotatable bonds is 2. The van der Waals surface area contributed by atoms with Crippen LogP contribution in [0.3, 0.4) is 0 Å². The lowest BCUT2D eigenvalue weighted by atomic mass is 9.54. The minimum Gasteiger partial charge on any atom is -0.335 e. The van der Waals surface area contributed by atoms with E-state index in [4.69, 9.17) is 0 Å². The quantitative estimate of drug-likeness (QED) is 0.803. The van der Waals surface area contributed by atoms with Gasteiger partial charge in [0.2, 0.25) is 0 Å². The lowest BCUT2D eigenvalue weighted by molar-refractivity contribution is -0.00883. The van der Waals surface area contributed by atoms with Crippen LogP contribution in [0.4, 0.5) is 10.5 Å². The standard InChI is InChI=1S/C20H23N3O3/c1-23-18(24)15-3-2-14(9-16(15)19(23)25)21-20(26)22-17-12-5-10-4-11(7-12)8-13(17)6-10/h2-3,9-13,17H,4-8H2,1H3,(H2,21,22,26). The first-order valence-electron chi connectivity index (χ1n) is 9.53. The molecule has 26 heavy (non-hydrogen) atoms. The van der Waals surface area contributed by atoms with Gasteiger partial charge in [0.1, 0.15) is 0 Å². The molecule has 0 unspecified atom stereocenters. The molecule has 6 nitrogen and oxygen atoms in total. The maximum Gasteiger partial charge on any atom is 0.319 e. The fourth-order valence-electron chi connectivity index (χ4n) is 5.92. The van der Waals surface area contributed by atoms with Crippen molar-refractivity contribution < 1.29 is 14.4 Å². The van der Waals surface area contributed by atoms with Crippen molar-refractivity contribution in [3.05, 3.63) is 29.3 Å². The van der Waals surface area contributed by atoms with Crippen molar-refractivity contribution in [2.75, 3.05) is 12.4 Å². The van der Waals surface area contributed by atoms with Gasteiger partial charge in [0.15, 0.2) is 0 Å². The van der Waals surface area contributed by atoms with Gasteiger partial charge in [-0.2, -0.15) is 0 Å². The first-order chi connectivity index (χ1) is 12.5. The zero-order valence-corrected chi connectivity index (χ0v) is 14.8. The van der Waals surface area contributed by atoms with Gasteiger partial charge in [0.05, 0.1) is 11.1 Å². The fraction of sp³-hybridized carbons (Fsp3) is 0.550. The molecule has 2 N–H and O–H groups in total. The third kappa shape index (κ3) is 2.35. The fourth-order valence-corrected chi connectivity index (χ4v) is 5.92.